The van der Waals surface area contributed by atoms with Crippen molar-refractivity contribution in [3.63, 3.8) is 0 Å². The van der Waals surface area contributed by atoms with Gasteiger partial charge in [0.2, 0.25) is 0 Å². The molecular weight excluding hydrogens is 381 g/mol. The zero-order valence-electron chi connectivity index (χ0n) is 15.3. The molecule has 1 saturated carbocycles. The fraction of sp³-hybridized carbons (Fsp3) is 0.238. The molecule has 2 bridgehead atoms. The Labute approximate surface area is 164 Å². The monoisotopic (exact) mass is 398 g/mol. The van der Waals surface area contributed by atoms with Crippen LogP contribution in [0.2, 0.25) is 0 Å². The van der Waals surface area contributed by atoms with Gasteiger partial charge >= 0.3 is 0 Å². The van der Waals surface area contributed by atoms with E-state index in [2.05, 4.69) is 16.0 Å². The lowest BCUT2D eigenvalue weighted by Gasteiger charge is -2.14. The van der Waals surface area contributed by atoms with Crippen molar-refractivity contribution in [2.75, 3.05) is 5.43 Å². The number of carbonyl (C=O) groups is 1. The average molecular weight is 398 g/mol. The lowest BCUT2D eigenvalue weighted by Crippen LogP contribution is -2.31. The summed E-state index contributed by atoms with van der Waals surface area (Å²) in [6.07, 6.45) is 2.77. The Morgan fingerprint density at radius 2 is 1.83 bits per heavy atom. The van der Waals surface area contributed by atoms with Gasteiger partial charge in [-0.1, -0.05) is 12.1 Å². The number of nitrogens with one attached hydrogen (secondary N) is 2. The largest absolute Gasteiger partial charge is 0.295 e. The Morgan fingerprint density at radius 3 is 2.62 bits per heavy atom. The fourth-order valence-corrected chi connectivity index (χ4v) is 4.48. The van der Waals surface area contributed by atoms with E-state index in [1.807, 2.05) is 0 Å². The Hall–Kier alpha value is -3.29. The van der Waals surface area contributed by atoms with Crippen LogP contribution in [0.4, 0.5) is 18.9 Å². The third-order valence-corrected chi connectivity index (χ3v) is 5.72. The van der Waals surface area contributed by atoms with Crippen LogP contribution >= 0.6 is 0 Å². The van der Waals surface area contributed by atoms with Crippen molar-refractivity contribution >= 4 is 11.6 Å². The smallest absolute Gasteiger partial charge is 0.290 e. The molecule has 2 aromatic carbocycles. The summed E-state index contributed by atoms with van der Waals surface area (Å²) in [6.45, 7) is 0. The van der Waals surface area contributed by atoms with Crippen molar-refractivity contribution in [2.45, 2.75) is 31.1 Å². The topological polar surface area (TPSA) is 59.0 Å². The van der Waals surface area contributed by atoms with Crippen LogP contribution in [0.5, 0.6) is 0 Å². The summed E-state index contributed by atoms with van der Waals surface area (Å²) < 4.78 is 43.0. The summed E-state index contributed by atoms with van der Waals surface area (Å²) in [6, 6.07) is 9.25. The molecule has 8 heteroatoms. The lowest BCUT2D eigenvalue weighted by molar-refractivity contribution is 0.0956. The zero-order chi connectivity index (χ0) is 20.1. The van der Waals surface area contributed by atoms with Gasteiger partial charge in [-0.3, -0.25) is 15.6 Å². The number of para-hydroxylation sites is 1. The lowest BCUT2D eigenvalue weighted by atomic mass is 9.95. The molecule has 1 aromatic heterocycles. The summed E-state index contributed by atoms with van der Waals surface area (Å²) >= 11 is 0. The first kappa shape index (κ1) is 17.8. The quantitative estimate of drug-likeness (QED) is 0.640. The van der Waals surface area contributed by atoms with Crippen LogP contribution < -0.4 is 10.9 Å². The number of rotatable bonds is 4. The predicted molar refractivity (Wildman–Crippen MR) is 100 cm³/mol. The van der Waals surface area contributed by atoms with Crippen molar-refractivity contribution in [3.8, 4) is 5.69 Å². The number of carbonyl (C=O) groups excluding carboxylic acids is 1. The highest BCUT2D eigenvalue weighted by Gasteiger charge is 2.44. The van der Waals surface area contributed by atoms with E-state index >= 15 is 0 Å². The van der Waals surface area contributed by atoms with Gasteiger partial charge in [0.25, 0.3) is 5.91 Å². The fourth-order valence-electron chi connectivity index (χ4n) is 4.48. The molecule has 0 aliphatic heterocycles. The number of amides is 1. The third kappa shape index (κ3) is 2.86. The molecule has 2 N–H and O–H groups in total. The molecule has 2 aliphatic carbocycles. The van der Waals surface area contributed by atoms with Gasteiger partial charge in [-0.05, 0) is 49.4 Å². The van der Waals surface area contributed by atoms with E-state index in [1.165, 1.54) is 28.9 Å². The van der Waals surface area contributed by atoms with Gasteiger partial charge in [-0.25, -0.2) is 17.9 Å². The first-order valence-electron chi connectivity index (χ1n) is 9.42. The highest BCUT2D eigenvalue weighted by atomic mass is 19.1. The van der Waals surface area contributed by atoms with E-state index in [-0.39, 0.29) is 28.9 Å². The summed E-state index contributed by atoms with van der Waals surface area (Å²) in [5.74, 6) is -2.08. The molecule has 148 valence electrons. The molecule has 2 atom stereocenters. The molecule has 0 saturated heterocycles. The van der Waals surface area contributed by atoms with Gasteiger partial charge in [0, 0.05) is 17.5 Å². The molecule has 29 heavy (non-hydrogen) atoms. The van der Waals surface area contributed by atoms with Crippen molar-refractivity contribution in [2.24, 2.45) is 0 Å². The maximum atomic E-state index is 14.4. The highest BCUT2D eigenvalue weighted by Crippen LogP contribution is 2.54. The predicted octanol–water partition coefficient (Wildman–Crippen LogP) is 4.41. The van der Waals surface area contributed by atoms with E-state index in [1.54, 1.807) is 12.1 Å². The van der Waals surface area contributed by atoms with E-state index < -0.39 is 23.4 Å². The molecule has 0 spiro atoms. The normalized spacial score (nSPS) is 19.3. The SMILES string of the molecule is O=C(NNc1ccccc1F)c1nn(-c2ccc(F)cc2F)c2c1[C@H]1CC[C@H]2C1. The van der Waals surface area contributed by atoms with Gasteiger partial charge in [0.1, 0.15) is 17.3 Å². The Morgan fingerprint density at radius 1 is 1.03 bits per heavy atom. The van der Waals surface area contributed by atoms with Crippen molar-refractivity contribution in [3.05, 3.63) is 76.9 Å². The molecule has 1 amide bonds. The zero-order valence-corrected chi connectivity index (χ0v) is 15.3. The van der Waals surface area contributed by atoms with E-state index in [0.29, 0.717) is 0 Å². The number of anilines is 1. The number of hydrazine groups is 1. The standard InChI is InChI=1S/C21H17F3N4O/c22-13-7-8-17(15(24)10-13)28-20-12-6-5-11(9-12)18(20)19(27-28)21(29)26-25-16-4-2-1-3-14(16)23/h1-4,7-8,10-12,25H,5-6,9H2,(H,26,29)/t11-,12-/m0/s1. The second-order valence-corrected chi connectivity index (χ2v) is 7.42. The average Bonchev–Trinajstić information content (AvgIpc) is 3.40. The molecule has 5 nitrogen and oxygen atoms in total. The molecule has 1 heterocycles. The maximum absolute atomic E-state index is 14.4. The van der Waals surface area contributed by atoms with Gasteiger partial charge in [-0.15, -0.1) is 0 Å². The first-order valence-corrected chi connectivity index (χ1v) is 9.42. The van der Waals surface area contributed by atoms with E-state index in [9.17, 15) is 18.0 Å². The number of nitrogens with zero attached hydrogens (tertiary/aromatic N) is 2. The van der Waals surface area contributed by atoms with Gasteiger partial charge in [0.05, 0.1) is 11.4 Å². The molecule has 5 rings (SSSR count). The number of fused-ring (bicyclic) bond motifs is 5. The van der Waals surface area contributed by atoms with Crippen molar-refractivity contribution in [1.29, 1.82) is 0 Å². The second kappa shape index (κ2) is 6.65. The van der Waals surface area contributed by atoms with E-state index in [0.717, 1.165) is 36.6 Å². The molecule has 1 fully saturated rings. The first-order chi connectivity index (χ1) is 14.0. The van der Waals surface area contributed by atoms with Crippen LogP contribution in [-0.2, 0) is 0 Å². The van der Waals surface area contributed by atoms with Crippen LogP contribution in [-0.4, -0.2) is 15.7 Å². The summed E-state index contributed by atoms with van der Waals surface area (Å²) in [4.78, 5) is 12.8. The van der Waals surface area contributed by atoms with Crippen molar-refractivity contribution < 1.29 is 18.0 Å². The minimum absolute atomic E-state index is 0.108. The minimum atomic E-state index is -0.741. The Kier molecular flexibility index (Phi) is 4.08. The van der Waals surface area contributed by atoms with Gasteiger partial charge < -0.3 is 0 Å². The highest BCUT2D eigenvalue weighted by molar-refractivity contribution is 5.95. The Bertz CT molecular complexity index is 1130. The second-order valence-electron chi connectivity index (χ2n) is 7.42. The number of aromatic nitrogens is 2. The van der Waals surface area contributed by atoms with Crippen molar-refractivity contribution in [1.82, 2.24) is 15.2 Å². The Balaban J connectivity index is 1.52. The molecule has 0 radical (unpaired) electrons. The number of hydrogen-bond acceptors (Lipinski definition) is 3. The van der Waals surface area contributed by atoms with Crippen LogP contribution in [0.15, 0.2) is 42.5 Å². The minimum Gasteiger partial charge on any atom is -0.295 e. The summed E-state index contributed by atoms with van der Waals surface area (Å²) in [7, 11) is 0. The molecule has 0 unspecified atom stereocenters. The molecule has 3 aromatic rings. The van der Waals surface area contributed by atoms with E-state index in [4.69, 9.17) is 0 Å². The maximum Gasteiger partial charge on any atom is 0.290 e. The summed E-state index contributed by atoms with van der Waals surface area (Å²) in [5.41, 5.74) is 7.07. The third-order valence-electron chi connectivity index (χ3n) is 5.72. The molecular formula is C21H17F3N4O. The molecule has 2 aliphatic rings. The number of benzene rings is 2. The summed E-state index contributed by atoms with van der Waals surface area (Å²) in [5, 5.41) is 4.38. The number of hydrogen-bond donors (Lipinski definition) is 2. The van der Waals surface area contributed by atoms with Crippen LogP contribution in [0.25, 0.3) is 5.69 Å². The van der Waals surface area contributed by atoms with Gasteiger partial charge in [0.15, 0.2) is 11.5 Å². The van der Waals surface area contributed by atoms with Crippen LogP contribution in [0.1, 0.15) is 52.8 Å². The van der Waals surface area contributed by atoms with Gasteiger partial charge in [-0.2, -0.15) is 5.10 Å². The van der Waals surface area contributed by atoms with Crippen LogP contribution in [0, 0.1) is 17.5 Å². The van der Waals surface area contributed by atoms with Crippen LogP contribution in [0.3, 0.4) is 0 Å². The number of halogens is 3.